The summed E-state index contributed by atoms with van der Waals surface area (Å²) < 4.78 is 33.4. The van der Waals surface area contributed by atoms with Gasteiger partial charge in [0.05, 0.1) is 5.75 Å². The molecule has 17 heavy (non-hydrogen) atoms. The van der Waals surface area contributed by atoms with Crippen molar-refractivity contribution in [2.24, 2.45) is 0 Å². The van der Waals surface area contributed by atoms with E-state index in [0.717, 1.165) is 11.8 Å². The van der Waals surface area contributed by atoms with Gasteiger partial charge in [-0.1, -0.05) is 12.1 Å². The molecule has 1 aromatic rings. The number of nitrogen functional groups attached to an aromatic ring is 1. The third kappa shape index (κ3) is 6.43. The van der Waals surface area contributed by atoms with Crippen LogP contribution in [-0.2, 0) is 27.1 Å². The molecule has 96 valence electrons. The van der Waals surface area contributed by atoms with Crippen molar-refractivity contribution in [2.45, 2.75) is 6.42 Å². The number of sulfone groups is 1. The van der Waals surface area contributed by atoms with Crippen molar-refractivity contribution in [3.63, 3.8) is 0 Å². The fourth-order valence-corrected chi connectivity index (χ4v) is 3.88. The third-order valence-corrected chi connectivity index (χ3v) is 4.80. The summed E-state index contributed by atoms with van der Waals surface area (Å²) in [6, 6.07) is 7.38. The Morgan fingerprint density at radius 2 is 1.76 bits per heavy atom. The molecule has 1 aromatic carbocycles. The van der Waals surface area contributed by atoms with Crippen LogP contribution in [0, 0.1) is 0 Å². The lowest BCUT2D eigenvalue weighted by Crippen LogP contribution is -2.14. The highest BCUT2D eigenvalue weighted by Crippen LogP contribution is 2.06. The van der Waals surface area contributed by atoms with Crippen LogP contribution in [0.3, 0.4) is 0 Å². The van der Waals surface area contributed by atoms with Gasteiger partial charge in [-0.2, -0.15) is 0 Å². The van der Waals surface area contributed by atoms with E-state index < -0.39 is 20.6 Å². The number of rotatable bonds is 6. The summed E-state index contributed by atoms with van der Waals surface area (Å²) in [5.74, 6) is 0.689. The normalized spacial score (nSPS) is 13.5. The van der Waals surface area contributed by atoms with Crippen molar-refractivity contribution >= 4 is 26.3 Å². The molecule has 0 heterocycles. The Morgan fingerprint density at radius 3 is 2.29 bits per heavy atom. The molecule has 0 saturated carbocycles. The number of anilines is 1. The monoisotopic (exact) mass is 275 g/mol. The van der Waals surface area contributed by atoms with E-state index in [2.05, 4.69) is 0 Å². The van der Waals surface area contributed by atoms with Crippen LogP contribution in [0.4, 0.5) is 5.69 Å². The van der Waals surface area contributed by atoms with Crippen LogP contribution >= 0.6 is 0 Å². The number of hydrogen-bond acceptors (Lipinski definition) is 4. The topological polar surface area (TPSA) is 77.2 Å². The van der Waals surface area contributed by atoms with Crippen LogP contribution in [0.15, 0.2) is 24.3 Å². The molecule has 0 aliphatic carbocycles. The molecule has 0 aliphatic rings. The zero-order valence-electron chi connectivity index (χ0n) is 9.76. The van der Waals surface area contributed by atoms with E-state index in [1.54, 1.807) is 12.1 Å². The van der Waals surface area contributed by atoms with Crippen molar-refractivity contribution < 1.29 is 12.6 Å². The van der Waals surface area contributed by atoms with Crippen LogP contribution in [0.2, 0.25) is 0 Å². The van der Waals surface area contributed by atoms with Crippen LogP contribution in [0.1, 0.15) is 5.56 Å². The van der Waals surface area contributed by atoms with E-state index in [0.29, 0.717) is 17.9 Å². The quantitative estimate of drug-likeness (QED) is 0.771. The third-order valence-electron chi connectivity index (χ3n) is 2.28. The summed E-state index contributed by atoms with van der Waals surface area (Å²) in [4.78, 5) is 0. The fourth-order valence-electron chi connectivity index (χ4n) is 1.26. The Labute approximate surface area is 105 Å². The zero-order chi connectivity index (χ0) is 12.9. The van der Waals surface area contributed by atoms with Crippen molar-refractivity contribution in [1.82, 2.24) is 0 Å². The summed E-state index contributed by atoms with van der Waals surface area (Å²) in [5, 5.41) is 0. The molecule has 2 N–H and O–H groups in total. The van der Waals surface area contributed by atoms with Gasteiger partial charge in [-0.3, -0.25) is 4.21 Å². The molecule has 0 fully saturated rings. The van der Waals surface area contributed by atoms with Crippen molar-refractivity contribution in [3.8, 4) is 0 Å². The number of hydrogen-bond donors (Lipinski definition) is 1. The van der Waals surface area contributed by atoms with Gasteiger partial charge in [-0.15, -0.1) is 0 Å². The highest BCUT2D eigenvalue weighted by molar-refractivity contribution is 7.92. The SMILES string of the molecule is CS(=O)(=O)CCS(=O)CCc1ccc(N)cc1. The van der Waals surface area contributed by atoms with Crippen LogP contribution < -0.4 is 5.73 Å². The summed E-state index contributed by atoms with van der Waals surface area (Å²) in [7, 11) is -4.10. The lowest BCUT2D eigenvalue weighted by molar-refractivity contribution is 0.602. The first kappa shape index (κ1) is 14.2. The predicted octanol–water partition coefficient (Wildman–Crippen LogP) is 0.605. The van der Waals surface area contributed by atoms with E-state index in [4.69, 9.17) is 5.73 Å². The number of benzene rings is 1. The molecule has 4 nitrogen and oxygen atoms in total. The lowest BCUT2D eigenvalue weighted by atomic mass is 10.2. The van der Waals surface area contributed by atoms with E-state index in [9.17, 15) is 12.6 Å². The zero-order valence-corrected chi connectivity index (χ0v) is 11.4. The molecule has 0 spiro atoms. The highest BCUT2D eigenvalue weighted by Gasteiger charge is 2.06. The lowest BCUT2D eigenvalue weighted by Gasteiger charge is -2.02. The molecule has 0 bridgehead atoms. The predicted molar refractivity (Wildman–Crippen MR) is 72.1 cm³/mol. The molecule has 0 aromatic heterocycles. The van der Waals surface area contributed by atoms with Crippen LogP contribution in [0.25, 0.3) is 0 Å². The first-order valence-electron chi connectivity index (χ1n) is 5.24. The van der Waals surface area contributed by atoms with Crippen molar-refractivity contribution in [1.29, 1.82) is 0 Å². The van der Waals surface area contributed by atoms with Gasteiger partial charge >= 0.3 is 0 Å². The van der Waals surface area contributed by atoms with Gasteiger partial charge in [0.25, 0.3) is 0 Å². The van der Waals surface area contributed by atoms with Gasteiger partial charge in [-0.25, -0.2) is 8.42 Å². The maximum atomic E-state index is 11.6. The molecule has 0 aliphatic heterocycles. The molecular weight excluding hydrogens is 258 g/mol. The first-order valence-corrected chi connectivity index (χ1v) is 8.79. The number of nitrogens with two attached hydrogens (primary N) is 1. The second kappa shape index (κ2) is 6.16. The van der Waals surface area contributed by atoms with E-state index >= 15 is 0 Å². The van der Waals surface area contributed by atoms with E-state index in [-0.39, 0.29) is 11.5 Å². The minimum Gasteiger partial charge on any atom is -0.399 e. The molecule has 1 rings (SSSR count). The maximum Gasteiger partial charge on any atom is 0.148 e. The minimum absolute atomic E-state index is 0.0126. The van der Waals surface area contributed by atoms with Crippen LogP contribution in [0.5, 0.6) is 0 Å². The Bertz CT molecular complexity index is 480. The molecular formula is C11H17NO3S2. The molecule has 0 amide bonds. The van der Waals surface area contributed by atoms with Gasteiger partial charge in [0, 0.05) is 34.2 Å². The van der Waals surface area contributed by atoms with Gasteiger partial charge in [0.2, 0.25) is 0 Å². The molecule has 0 radical (unpaired) electrons. The van der Waals surface area contributed by atoms with E-state index in [1.165, 1.54) is 0 Å². The van der Waals surface area contributed by atoms with Gasteiger partial charge in [-0.05, 0) is 24.1 Å². The summed E-state index contributed by atoms with van der Waals surface area (Å²) >= 11 is 0. The first-order chi connectivity index (χ1) is 7.87. The summed E-state index contributed by atoms with van der Waals surface area (Å²) in [5.41, 5.74) is 7.31. The number of aryl methyl sites for hydroxylation is 1. The standard InChI is InChI=1S/C11H17NO3S2/c1-17(14,15)9-8-16(13)7-6-10-2-4-11(12)5-3-10/h2-5H,6-9,12H2,1H3. The largest absolute Gasteiger partial charge is 0.399 e. The maximum absolute atomic E-state index is 11.6. The van der Waals surface area contributed by atoms with Gasteiger partial charge in [0.1, 0.15) is 9.84 Å². The van der Waals surface area contributed by atoms with Gasteiger partial charge in [0.15, 0.2) is 0 Å². The second-order valence-electron chi connectivity index (χ2n) is 3.97. The highest BCUT2D eigenvalue weighted by atomic mass is 32.2. The van der Waals surface area contributed by atoms with Crippen molar-refractivity contribution in [2.75, 3.05) is 29.2 Å². The summed E-state index contributed by atoms with van der Waals surface area (Å²) in [6.45, 7) is 0. The average molecular weight is 275 g/mol. The Balaban J connectivity index is 2.36. The Morgan fingerprint density at radius 1 is 1.18 bits per heavy atom. The summed E-state index contributed by atoms with van der Waals surface area (Å²) in [6.07, 6.45) is 1.83. The van der Waals surface area contributed by atoms with Gasteiger partial charge < -0.3 is 5.73 Å². The molecule has 1 unspecified atom stereocenters. The molecule has 1 atom stereocenters. The molecule has 6 heteroatoms. The fraction of sp³-hybridized carbons (Fsp3) is 0.455. The van der Waals surface area contributed by atoms with Crippen molar-refractivity contribution in [3.05, 3.63) is 29.8 Å². The Kier molecular flexibility index (Phi) is 5.14. The average Bonchev–Trinajstić information content (AvgIpc) is 2.25. The second-order valence-corrected chi connectivity index (χ2v) is 7.93. The smallest absolute Gasteiger partial charge is 0.148 e. The van der Waals surface area contributed by atoms with E-state index in [1.807, 2.05) is 12.1 Å². The van der Waals surface area contributed by atoms with Crippen LogP contribution in [-0.4, -0.2) is 36.1 Å². The Hall–Kier alpha value is -0.880. The minimum atomic E-state index is -3.02. The molecule has 0 saturated heterocycles.